The van der Waals surface area contributed by atoms with Crippen molar-refractivity contribution in [1.82, 2.24) is 0 Å². The standard InChI is InChI=1S/C6H13NO/c7-6(4-8)3-5-1-2-5/h5-6,8H,1-4,7H2/t6-/m1/s1. The van der Waals surface area contributed by atoms with Crippen LogP contribution in [0.3, 0.4) is 0 Å². The summed E-state index contributed by atoms with van der Waals surface area (Å²) in [6, 6.07) is 0.0440. The minimum absolute atomic E-state index is 0.0440. The molecule has 0 unspecified atom stereocenters. The van der Waals surface area contributed by atoms with Gasteiger partial charge in [-0.2, -0.15) is 0 Å². The van der Waals surface area contributed by atoms with E-state index in [-0.39, 0.29) is 12.6 Å². The first-order valence-corrected chi connectivity index (χ1v) is 3.19. The number of rotatable bonds is 3. The highest BCUT2D eigenvalue weighted by Gasteiger charge is 2.23. The molecule has 0 spiro atoms. The first-order valence-electron chi connectivity index (χ1n) is 3.19. The van der Waals surface area contributed by atoms with Crippen molar-refractivity contribution in [2.24, 2.45) is 11.7 Å². The molecule has 0 radical (unpaired) electrons. The quantitative estimate of drug-likeness (QED) is 0.548. The molecule has 2 heteroatoms. The summed E-state index contributed by atoms with van der Waals surface area (Å²) in [4.78, 5) is 0. The summed E-state index contributed by atoms with van der Waals surface area (Å²) < 4.78 is 0. The number of aliphatic hydroxyl groups is 1. The predicted octanol–water partition coefficient (Wildman–Crippen LogP) is 0.106. The summed E-state index contributed by atoms with van der Waals surface area (Å²) >= 11 is 0. The van der Waals surface area contributed by atoms with Crippen LogP contribution in [-0.2, 0) is 0 Å². The van der Waals surface area contributed by atoms with Crippen LogP contribution in [0.2, 0.25) is 0 Å². The maximum absolute atomic E-state index is 8.49. The van der Waals surface area contributed by atoms with Gasteiger partial charge in [-0.05, 0) is 12.3 Å². The van der Waals surface area contributed by atoms with Gasteiger partial charge in [0.15, 0.2) is 0 Å². The Kier molecular flexibility index (Phi) is 1.86. The van der Waals surface area contributed by atoms with Crippen LogP contribution in [0.5, 0.6) is 0 Å². The summed E-state index contributed by atoms with van der Waals surface area (Å²) in [5, 5.41) is 8.49. The molecule has 1 fully saturated rings. The monoisotopic (exact) mass is 115 g/mol. The Morgan fingerprint density at radius 1 is 1.62 bits per heavy atom. The third kappa shape index (κ3) is 1.80. The summed E-state index contributed by atoms with van der Waals surface area (Å²) in [5.41, 5.74) is 5.46. The van der Waals surface area contributed by atoms with E-state index >= 15 is 0 Å². The van der Waals surface area contributed by atoms with Gasteiger partial charge in [-0.25, -0.2) is 0 Å². The molecule has 1 saturated carbocycles. The lowest BCUT2D eigenvalue weighted by molar-refractivity contribution is 0.256. The molecule has 1 aliphatic rings. The van der Waals surface area contributed by atoms with E-state index in [1.54, 1.807) is 0 Å². The lowest BCUT2D eigenvalue weighted by atomic mass is 10.2. The van der Waals surface area contributed by atoms with Gasteiger partial charge in [0.05, 0.1) is 6.61 Å². The van der Waals surface area contributed by atoms with Crippen LogP contribution in [0.4, 0.5) is 0 Å². The highest BCUT2D eigenvalue weighted by atomic mass is 16.3. The predicted molar refractivity (Wildman–Crippen MR) is 32.4 cm³/mol. The first kappa shape index (κ1) is 6.05. The fraction of sp³-hybridized carbons (Fsp3) is 1.00. The maximum atomic E-state index is 8.49. The highest BCUT2D eigenvalue weighted by Crippen LogP contribution is 2.32. The highest BCUT2D eigenvalue weighted by molar-refractivity contribution is 4.77. The summed E-state index contributed by atoms with van der Waals surface area (Å²) in [5.74, 6) is 0.845. The molecule has 8 heavy (non-hydrogen) atoms. The minimum atomic E-state index is 0.0440. The zero-order valence-corrected chi connectivity index (χ0v) is 5.01. The summed E-state index contributed by atoms with van der Waals surface area (Å²) in [6.45, 7) is 0.149. The van der Waals surface area contributed by atoms with Crippen LogP contribution in [0.15, 0.2) is 0 Å². The number of hydrogen-bond donors (Lipinski definition) is 2. The zero-order valence-electron chi connectivity index (χ0n) is 5.01. The van der Waals surface area contributed by atoms with Crippen LogP contribution in [0.25, 0.3) is 0 Å². The zero-order chi connectivity index (χ0) is 5.98. The number of aliphatic hydroxyl groups excluding tert-OH is 1. The van der Waals surface area contributed by atoms with Gasteiger partial charge in [-0.1, -0.05) is 12.8 Å². The molecular weight excluding hydrogens is 102 g/mol. The van der Waals surface area contributed by atoms with Crippen LogP contribution in [-0.4, -0.2) is 17.8 Å². The second-order valence-corrected chi connectivity index (χ2v) is 2.62. The lowest BCUT2D eigenvalue weighted by Crippen LogP contribution is -2.24. The number of nitrogens with two attached hydrogens (primary N) is 1. The SMILES string of the molecule is N[C@@H](CO)CC1CC1. The second-order valence-electron chi connectivity index (χ2n) is 2.62. The second kappa shape index (κ2) is 2.46. The van der Waals surface area contributed by atoms with E-state index in [0.717, 1.165) is 12.3 Å². The molecular formula is C6H13NO. The van der Waals surface area contributed by atoms with Gasteiger partial charge in [0.1, 0.15) is 0 Å². The van der Waals surface area contributed by atoms with Crippen molar-refractivity contribution < 1.29 is 5.11 Å². The van der Waals surface area contributed by atoms with Crippen LogP contribution in [0, 0.1) is 5.92 Å². The topological polar surface area (TPSA) is 46.2 Å². The molecule has 0 aromatic rings. The Morgan fingerprint density at radius 3 is 2.62 bits per heavy atom. The number of hydrogen-bond acceptors (Lipinski definition) is 2. The third-order valence-electron chi connectivity index (χ3n) is 1.57. The van der Waals surface area contributed by atoms with Crippen molar-refractivity contribution in [2.45, 2.75) is 25.3 Å². The smallest absolute Gasteiger partial charge is 0.0582 e. The van der Waals surface area contributed by atoms with Crippen molar-refractivity contribution in [3.05, 3.63) is 0 Å². The Morgan fingerprint density at radius 2 is 2.25 bits per heavy atom. The van der Waals surface area contributed by atoms with E-state index in [4.69, 9.17) is 10.8 Å². The molecule has 1 atom stereocenters. The summed E-state index contributed by atoms with van der Waals surface area (Å²) in [6.07, 6.45) is 3.68. The van der Waals surface area contributed by atoms with Crippen LogP contribution >= 0.6 is 0 Å². The van der Waals surface area contributed by atoms with Gasteiger partial charge in [-0.15, -0.1) is 0 Å². The van der Waals surface area contributed by atoms with Crippen molar-refractivity contribution in [3.8, 4) is 0 Å². The first-order chi connectivity index (χ1) is 3.83. The molecule has 0 amide bonds. The molecule has 0 bridgehead atoms. The molecule has 1 aliphatic carbocycles. The van der Waals surface area contributed by atoms with Gasteiger partial charge in [0.25, 0.3) is 0 Å². The van der Waals surface area contributed by atoms with E-state index in [1.807, 2.05) is 0 Å². The molecule has 0 aromatic carbocycles. The van der Waals surface area contributed by atoms with Crippen LogP contribution in [0.1, 0.15) is 19.3 Å². The van der Waals surface area contributed by atoms with Gasteiger partial charge in [0.2, 0.25) is 0 Å². The van der Waals surface area contributed by atoms with Gasteiger partial charge in [0, 0.05) is 6.04 Å². The van der Waals surface area contributed by atoms with E-state index in [1.165, 1.54) is 12.8 Å². The molecule has 0 saturated heterocycles. The molecule has 2 nitrogen and oxygen atoms in total. The Hall–Kier alpha value is -0.0800. The molecule has 0 heterocycles. The Balaban J connectivity index is 1.98. The van der Waals surface area contributed by atoms with E-state index in [9.17, 15) is 0 Å². The Labute approximate surface area is 49.7 Å². The van der Waals surface area contributed by atoms with Gasteiger partial charge < -0.3 is 10.8 Å². The van der Waals surface area contributed by atoms with Crippen molar-refractivity contribution in [2.75, 3.05) is 6.61 Å². The van der Waals surface area contributed by atoms with Gasteiger partial charge >= 0.3 is 0 Å². The van der Waals surface area contributed by atoms with Crippen molar-refractivity contribution >= 4 is 0 Å². The van der Waals surface area contributed by atoms with Crippen molar-refractivity contribution in [1.29, 1.82) is 0 Å². The molecule has 0 aliphatic heterocycles. The van der Waals surface area contributed by atoms with E-state index < -0.39 is 0 Å². The third-order valence-corrected chi connectivity index (χ3v) is 1.57. The van der Waals surface area contributed by atoms with Crippen LogP contribution < -0.4 is 5.73 Å². The normalized spacial score (nSPS) is 23.2. The van der Waals surface area contributed by atoms with Crippen molar-refractivity contribution in [3.63, 3.8) is 0 Å². The summed E-state index contributed by atoms with van der Waals surface area (Å²) in [7, 11) is 0. The fourth-order valence-corrected chi connectivity index (χ4v) is 0.856. The van der Waals surface area contributed by atoms with Gasteiger partial charge in [-0.3, -0.25) is 0 Å². The maximum Gasteiger partial charge on any atom is 0.0582 e. The van der Waals surface area contributed by atoms with E-state index in [0.29, 0.717) is 0 Å². The Bertz CT molecular complexity index is 70.9. The largest absolute Gasteiger partial charge is 0.395 e. The average molecular weight is 115 g/mol. The molecule has 0 aromatic heterocycles. The molecule has 3 N–H and O–H groups in total. The lowest BCUT2D eigenvalue weighted by Gasteiger charge is -2.03. The molecule has 48 valence electrons. The fourth-order valence-electron chi connectivity index (χ4n) is 0.856. The average Bonchev–Trinajstić information content (AvgIpc) is 2.50. The molecule has 1 rings (SSSR count). The van der Waals surface area contributed by atoms with E-state index in [2.05, 4.69) is 0 Å². The minimum Gasteiger partial charge on any atom is -0.395 e.